The minimum Gasteiger partial charge on any atom is -0.495 e. The summed E-state index contributed by atoms with van der Waals surface area (Å²) in [4.78, 5) is 12.6. The minimum atomic E-state index is -1.55. The van der Waals surface area contributed by atoms with E-state index in [4.69, 9.17) is 23.4 Å². The Morgan fingerprint density at radius 3 is 2.53 bits per heavy atom. The van der Waals surface area contributed by atoms with Gasteiger partial charge in [0, 0.05) is 24.1 Å². The highest BCUT2D eigenvalue weighted by molar-refractivity contribution is 5.87. The molecule has 4 rings (SSSR count). The van der Waals surface area contributed by atoms with Crippen molar-refractivity contribution >= 4 is 11.0 Å². The van der Waals surface area contributed by atoms with Gasteiger partial charge in [-0.05, 0) is 20.8 Å². The zero-order chi connectivity index (χ0) is 23.4. The van der Waals surface area contributed by atoms with Crippen molar-refractivity contribution in [2.24, 2.45) is 0 Å². The monoisotopic (exact) mass is 452 g/mol. The van der Waals surface area contributed by atoms with Crippen molar-refractivity contribution in [3.8, 4) is 11.5 Å². The van der Waals surface area contributed by atoms with Crippen LogP contribution in [0, 0.1) is 6.92 Å². The zero-order valence-corrected chi connectivity index (χ0v) is 18.3. The maximum Gasteiger partial charge on any atom is 0.196 e. The van der Waals surface area contributed by atoms with Gasteiger partial charge in [0.25, 0.3) is 0 Å². The highest BCUT2D eigenvalue weighted by Crippen LogP contribution is 2.44. The molecule has 0 saturated carbocycles. The number of fused-ring (bicyclic) bond motifs is 2. The van der Waals surface area contributed by atoms with E-state index >= 15 is 0 Å². The van der Waals surface area contributed by atoms with Crippen molar-refractivity contribution in [2.45, 2.75) is 69.6 Å². The average Bonchev–Trinajstić information content (AvgIpc) is 3.17. The van der Waals surface area contributed by atoms with Crippen LogP contribution in [0.2, 0.25) is 0 Å². The van der Waals surface area contributed by atoms with Crippen molar-refractivity contribution in [1.29, 1.82) is 0 Å². The second kappa shape index (κ2) is 8.29. The van der Waals surface area contributed by atoms with Gasteiger partial charge in [-0.1, -0.05) is 0 Å². The summed E-state index contributed by atoms with van der Waals surface area (Å²) in [5.74, 6) is 1.32. The fraction of sp³-hybridized carbons (Fsp3) is 0.591. The summed E-state index contributed by atoms with van der Waals surface area (Å²) < 4.78 is 28.8. The summed E-state index contributed by atoms with van der Waals surface area (Å²) >= 11 is 0. The Morgan fingerprint density at radius 1 is 1.16 bits per heavy atom. The summed E-state index contributed by atoms with van der Waals surface area (Å²) in [6.45, 7) is 4.58. The molecule has 1 aromatic carbocycles. The third kappa shape index (κ3) is 3.76. The number of benzene rings is 1. The number of hydrogen-bond acceptors (Lipinski definition) is 10. The normalized spacial score (nSPS) is 30.2. The lowest BCUT2D eigenvalue weighted by molar-refractivity contribution is -0.329. The second-order valence-corrected chi connectivity index (χ2v) is 8.71. The molecule has 32 heavy (non-hydrogen) atoms. The summed E-state index contributed by atoms with van der Waals surface area (Å²) in [5.41, 5.74) is -0.230. The Kier molecular flexibility index (Phi) is 5.95. The Hall–Kier alpha value is -2.21. The van der Waals surface area contributed by atoms with Gasteiger partial charge in [-0.3, -0.25) is 4.79 Å². The first-order valence-corrected chi connectivity index (χ1v) is 10.4. The smallest absolute Gasteiger partial charge is 0.196 e. The SMILES string of the molecule is COc1c2c(cc3oc(C)cc(=O)c13)OC(C(C)(C)O[C@@H]1O[C@H](CO)[C@@H](O)[C@@H](O)[C@H]1O)C2. The Balaban J connectivity index is 1.62. The van der Waals surface area contributed by atoms with E-state index in [0.717, 1.165) is 0 Å². The number of rotatable bonds is 5. The van der Waals surface area contributed by atoms with Gasteiger partial charge in [-0.2, -0.15) is 0 Å². The molecule has 0 aliphatic carbocycles. The molecule has 2 aliphatic rings. The van der Waals surface area contributed by atoms with Crippen molar-refractivity contribution in [1.82, 2.24) is 0 Å². The van der Waals surface area contributed by atoms with E-state index in [-0.39, 0.29) is 5.43 Å². The van der Waals surface area contributed by atoms with Gasteiger partial charge in [-0.15, -0.1) is 0 Å². The minimum absolute atomic E-state index is 0.219. The van der Waals surface area contributed by atoms with E-state index in [2.05, 4.69) is 0 Å². The van der Waals surface area contributed by atoms with Crippen LogP contribution >= 0.6 is 0 Å². The fourth-order valence-electron chi connectivity index (χ4n) is 4.26. The first-order chi connectivity index (χ1) is 15.1. The first kappa shape index (κ1) is 23.0. The van der Waals surface area contributed by atoms with Crippen molar-refractivity contribution in [2.75, 3.05) is 13.7 Å². The van der Waals surface area contributed by atoms with Crippen LogP contribution in [-0.4, -0.2) is 76.6 Å². The molecule has 0 amide bonds. The quantitative estimate of drug-likeness (QED) is 0.489. The second-order valence-electron chi connectivity index (χ2n) is 8.71. The molecule has 0 spiro atoms. The van der Waals surface area contributed by atoms with Crippen LogP contribution in [0.25, 0.3) is 11.0 Å². The predicted octanol–water partition coefficient (Wildman–Crippen LogP) is 0.00862. The lowest BCUT2D eigenvalue weighted by atomic mass is 9.94. The van der Waals surface area contributed by atoms with E-state index in [9.17, 15) is 25.2 Å². The largest absolute Gasteiger partial charge is 0.495 e. The molecule has 6 atom stereocenters. The third-order valence-corrected chi connectivity index (χ3v) is 6.07. The number of aliphatic hydroxyl groups is 4. The summed E-state index contributed by atoms with van der Waals surface area (Å²) in [7, 11) is 1.47. The van der Waals surface area contributed by atoms with E-state index in [1.807, 2.05) is 0 Å². The van der Waals surface area contributed by atoms with Gasteiger partial charge in [0.2, 0.25) is 0 Å². The number of hydrogen-bond donors (Lipinski definition) is 4. The molecule has 2 aliphatic heterocycles. The molecule has 1 fully saturated rings. The van der Waals surface area contributed by atoms with Gasteiger partial charge in [0.05, 0.1) is 13.7 Å². The van der Waals surface area contributed by atoms with Crippen molar-refractivity contribution < 1.29 is 43.8 Å². The number of aryl methyl sites for hydroxylation is 1. The molecule has 0 bridgehead atoms. The maximum atomic E-state index is 12.6. The van der Waals surface area contributed by atoms with Crippen LogP contribution in [0.15, 0.2) is 21.3 Å². The van der Waals surface area contributed by atoms with Crippen LogP contribution in [0.1, 0.15) is 25.2 Å². The molecule has 1 saturated heterocycles. The summed E-state index contributed by atoms with van der Waals surface area (Å²) in [6, 6.07) is 3.04. The number of ether oxygens (including phenoxy) is 4. The van der Waals surface area contributed by atoms with Gasteiger partial charge in [-0.25, -0.2) is 0 Å². The van der Waals surface area contributed by atoms with Gasteiger partial charge >= 0.3 is 0 Å². The molecule has 3 heterocycles. The van der Waals surface area contributed by atoms with Crippen LogP contribution in [0.5, 0.6) is 11.5 Å². The van der Waals surface area contributed by atoms with E-state index < -0.39 is 49.0 Å². The molecule has 10 heteroatoms. The highest BCUT2D eigenvalue weighted by atomic mass is 16.7. The van der Waals surface area contributed by atoms with E-state index in [1.165, 1.54) is 13.2 Å². The Bertz CT molecular complexity index is 1060. The molecule has 0 radical (unpaired) electrons. The zero-order valence-electron chi connectivity index (χ0n) is 18.3. The van der Waals surface area contributed by atoms with Crippen LogP contribution in [-0.2, 0) is 15.9 Å². The van der Waals surface area contributed by atoms with Gasteiger partial charge < -0.3 is 43.8 Å². The van der Waals surface area contributed by atoms with Crippen LogP contribution < -0.4 is 14.9 Å². The van der Waals surface area contributed by atoms with E-state index in [1.54, 1.807) is 26.8 Å². The van der Waals surface area contributed by atoms with Gasteiger partial charge in [0.15, 0.2) is 11.7 Å². The Morgan fingerprint density at radius 2 is 1.88 bits per heavy atom. The number of methoxy groups -OCH3 is 1. The molecular weight excluding hydrogens is 424 g/mol. The summed E-state index contributed by atoms with van der Waals surface area (Å²) in [5, 5.41) is 40.1. The predicted molar refractivity (Wildman–Crippen MR) is 111 cm³/mol. The number of aliphatic hydroxyl groups excluding tert-OH is 4. The molecule has 4 N–H and O–H groups in total. The molecular formula is C22H28O10. The maximum absolute atomic E-state index is 12.6. The molecule has 176 valence electrons. The highest BCUT2D eigenvalue weighted by Gasteiger charge is 2.48. The fourth-order valence-corrected chi connectivity index (χ4v) is 4.26. The third-order valence-electron chi connectivity index (χ3n) is 6.07. The standard InChI is InChI=1S/C22H28O10/c1-9-5-11(24)16-13(29-9)7-12-10(20(16)28-4)6-15(30-12)22(2,3)32-21-19(27)18(26)17(25)14(8-23)31-21/h5,7,14-15,17-19,21,23,25-27H,6,8H2,1-4H3/t14-,15?,17-,18-,19-,21+/m1/s1. The lowest BCUT2D eigenvalue weighted by Crippen LogP contribution is -2.61. The Labute approximate surface area is 183 Å². The van der Waals surface area contributed by atoms with Crippen molar-refractivity contribution in [3.05, 3.63) is 33.7 Å². The first-order valence-electron chi connectivity index (χ1n) is 10.4. The lowest BCUT2D eigenvalue weighted by Gasteiger charge is -2.43. The van der Waals surface area contributed by atoms with Gasteiger partial charge in [0.1, 0.15) is 64.3 Å². The van der Waals surface area contributed by atoms with Crippen molar-refractivity contribution in [3.63, 3.8) is 0 Å². The molecule has 10 nitrogen and oxygen atoms in total. The van der Waals surface area contributed by atoms with Crippen LogP contribution in [0.3, 0.4) is 0 Å². The summed E-state index contributed by atoms with van der Waals surface area (Å²) in [6.07, 6.45) is -7.17. The molecule has 2 aromatic rings. The average molecular weight is 452 g/mol. The molecule has 1 unspecified atom stereocenters. The van der Waals surface area contributed by atoms with E-state index in [0.29, 0.717) is 40.2 Å². The van der Waals surface area contributed by atoms with Crippen LogP contribution in [0.4, 0.5) is 0 Å². The molecule has 1 aromatic heterocycles. The topological polar surface area (TPSA) is 148 Å².